The van der Waals surface area contributed by atoms with Crippen molar-refractivity contribution in [2.24, 2.45) is 0 Å². The third-order valence-electron chi connectivity index (χ3n) is 3.32. The zero-order chi connectivity index (χ0) is 17.8. The van der Waals surface area contributed by atoms with Crippen molar-refractivity contribution in [2.45, 2.75) is 13.1 Å². The van der Waals surface area contributed by atoms with Gasteiger partial charge in [-0.1, -0.05) is 12.1 Å². The molecule has 0 radical (unpaired) electrons. The minimum Gasteiger partial charge on any atom is -0.480 e. The van der Waals surface area contributed by atoms with Crippen LogP contribution in [0.15, 0.2) is 53.5 Å². The highest BCUT2D eigenvalue weighted by molar-refractivity contribution is 9.10. The van der Waals surface area contributed by atoms with E-state index in [4.69, 9.17) is 5.11 Å². The molecule has 0 unspecified atom stereocenters. The molecule has 1 aromatic carbocycles. The standard InChI is InChI=1S/C16H14BrN5O3/c17-13-6-19-21(9-13)7-11-2-1-3-14(4-11)20-16(25)12-5-18-22(8-12)10-15(23)24/h1-6,8-9H,7,10H2,(H,20,25)(H,23,24). The molecule has 25 heavy (non-hydrogen) atoms. The van der Waals surface area contributed by atoms with Gasteiger partial charge in [-0.25, -0.2) is 0 Å². The van der Waals surface area contributed by atoms with Crippen LogP contribution in [0.2, 0.25) is 0 Å². The summed E-state index contributed by atoms with van der Waals surface area (Å²) < 4.78 is 3.87. The van der Waals surface area contributed by atoms with Crippen molar-refractivity contribution in [3.8, 4) is 0 Å². The van der Waals surface area contributed by atoms with Crippen molar-refractivity contribution in [2.75, 3.05) is 5.32 Å². The Morgan fingerprint density at radius 2 is 1.96 bits per heavy atom. The fourth-order valence-corrected chi connectivity index (χ4v) is 2.60. The van der Waals surface area contributed by atoms with Crippen molar-refractivity contribution in [3.05, 3.63) is 64.7 Å². The Bertz CT molecular complexity index is 918. The van der Waals surface area contributed by atoms with Crippen LogP contribution in [-0.4, -0.2) is 36.5 Å². The molecule has 0 aliphatic heterocycles. The topological polar surface area (TPSA) is 102 Å². The van der Waals surface area contributed by atoms with E-state index >= 15 is 0 Å². The Morgan fingerprint density at radius 1 is 1.16 bits per heavy atom. The molecule has 128 valence electrons. The van der Waals surface area contributed by atoms with Crippen molar-refractivity contribution in [1.29, 1.82) is 0 Å². The molecule has 2 aromatic heterocycles. The lowest BCUT2D eigenvalue weighted by molar-refractivity contribution is -0.137. The lowest BCUT2D eigenvalue weighted by Crippen LogP contribution is -2.12. The second kappa shape index (κ2) is 7.31. The summed E-state index contributed by atoms with van der Waals surface area (Å²) in [6.07, 6.45) is 6.31. The van der Waals surface area contributed by atoms with Crippen LogP contribution in [0, 0.1) is 0 Å². The lowest BCUT2D eigenvalue weighted by Gasteiger charge is -2.07. The molecule has 2 N–H and O–H groups in total. The molecule has 9 heteroatoms. The largest absolute Gasteiger partial charge is 0.480 e. The Labute approximate surface area is 151 Å². The summed E-state index contributed by atoms with van der Waals surface area (Å²) in [7, 11) is 0. The van der Waals surface area contributed by atoms with E-state index in [1.807, 2.05) is 24.4 Å². The summed E-state index contributed by atoms with van der Waals surface area (Å²) in [5.41, 5.74) is 1.91. The molecule has 3 aromatic rings. The minimum atomic E-state index is -1.02. The summed E-state index contributed by atoms with van der Waals surface area (Å²) >= 11 is 3.35. The molecule has 2 heterocycles. The van der Waals surface area contributed by atoms with E-state index in [0.717, 1.165) is 10.0 Å². The number of carboxylic acids is 1. The van der Waals surface area contributed by atoms with Crippen LogP contribution < -0.4 is 5.32 Å². The third-order valence-corrected chi connectivity index (χ3v) is 3.73. The number of carbonyl (C=O) groups excluding carboxylic acids is 1. The summed E-state index contributed by atoms with van der Waals surface area (Å²) in [6.45, 7) is 0.286. The molecule has 0 saturated heterocycles. The maximum absolute atomic E-state index is 12.3. The number of nitrogens with one attached hydrogen (secondary N) is 1. The summed E-state index contributed by atoms with van der Waals surface area (Å²) in [5, 5.41) is 19.6. The number of halogens is 1. The van der Waals surface area contributed by atoms with Gasteiger partial charge in [0.2, 0.25) is 0 Å². The fourth-order valence-electron chi connectivity index (χ4n) is 2.27. The number of rotatable bonds is 6. The molecule has 0 aliphatic rings. The molecule has 0 fully saturated rings. The SMILES string of the molecule is O=C(O)Cn1cc(C(=O)Nc2cccc(Cn3cc(Br)cn3)c2)cn1. The first kappa shape index (κ1) is 16.9. The molecule has 0 saturated carbocycles. The number of hydrogen-bond acceptors (Lipinski definition) is 4. The quantitative estimate of drug-likeness (QED) is 0.656. The van der Waals surface area contributed by atoms with Crippen LogP contribution in [0.3, 0.4) is 0 Å². The first-order valence-corrected chi connectivity index (χ1v) is 8.11. The monoisotopic (exact) mass is 403 g/mol. The predicted octanol–water partition coefficient (Wildman–Crippen LogP) is 2.23. The van der Waals surface area contributed by atoms with Gasteiger partial charge >= 0.3 is 5.97 Å². The van der Waals surface area contributed by atoms with E-state index < -0.39 is 5.97 Å². The number of benzene rings is 1. The van der Waals surface area contributed by atoms with Gasteiger partial charge in [0, 0.05) is 18.1 Å². The van der Waals surface area contributed by atoms with Crippen molar-refractivity contribution < 1.29 is 14.7 Å². The Kier molecular flexibility index (Phi) is 4.94. The highest BCUT2D eigenvalue weighted by Gasteiger charge is 2.11. The van der Waals surface area contributed by atoms with E-state index in [1.165, 1.54) is 17.1 Å². The number of hydrogen-bond donors (Lipinski definition) is 2. The highest BCUT2D eigenvalue weighted by Crippen LogP contribution is 2.14. The fraction of sp³-hybridized carbons (Fsp3) is 0.125. The summed E-state index contributed by atoms with van der Waals surface area (Å²) in [6, 6.07) is 7.42. The predicted molar refractivity (Wildman–Crippen MR) is 93.3 cm³/mol. The number of carboxylic acid groups (broad SMARTS) is 1. The van der Waals surface area contributed by atoms with Crippen LogP contribution >= 0.6 is 15.9 Å². The van der Waals surface area contributed by atoms with Crippen LogP contribution in [0.1, 0.15) is 15.9 Å². The normalized spacial score (nSPS) is 10.6. The summed E-state index contributed by atoms with van der Waals surface area (Å²) in [5.74, 6) is -1.37. The van der Waals surface area contributed by atoms with Gasteiger partial charge in [0.1, 0.15) is 6.54 Å². The molecule has 8 nitrogen and oxygen atoms in total. The molecular weight excluding hydrogens is 390 g/mol. The number of nitrogens with zero attached hydrogens (tertiary/aromatic N) is 4. The lowest BCUT2D eigenvalue weighted by atomic mass is 10.2. The van der Waals surface area contributed by atoms with E-state index in [0.29, 0.717) is 17.8 Å². The Balaban J connectivity index is 1.68. The molecule has 0 aliphatic carbocycles. The van der Waals surface area contributed by atoms with Gasteiger partial charge in [-0.05, 0) is 33.6 Å². The van der Waals surface area contributed by atoms with Crippen molar-refractivity contribution in [3.63, 3.8) is 0 Å². The zero-order valence-corrected chi connectivity index (χ0v) is 14.5. The second-order valence-electron chi connectivity index (χ2n) is 5.33. The average molecular weight is 404 g/mol. The number of aromatic nitrogens is 4. The van der Waals surface area contributed by atoms with Crippen LogP contribution in [0.25, 0.3) is 0 Å². The van der Waals surface area contributed by atoms with Gasteiger partial charge in [0.15, 0.2) is 0 Å². The maximum atomic E-state index is 12.3. The van der Waals surface area contributed by atoms with E-state index in [-0.39, 0.29) is 12.5 Å². The van der Waals surface area contributed by atoms with Gasteiger partial charge in [-0.3, -0.25) is 19.0 Å². The van der Waals surface area contributed by atoms with Crippen molar-refractivity contribution in [1.82, 2.24) is 19.6 Å². The number of carbonyl (C=O) groups is 2. The average Bonchev–Trinajstić information content (AvgIpc) is 3.16. The van der Waals surface area contributed by atoms with Crippen LogP contribution in [-0.2, 0) is 17.9 Å². The third kappa shape index (κ3) is 4.54. The van der Waals surface area contributed by atoms with Gasteiger partial charge in [0.05, 0.1) is 29.0 Å². The van der Waals surface area contributed by atoms with E-state index in [2.05, 4.69) is 31.4 Å². The summed E-state index contributed by atoms with van der Waals surface area (Å²) in [4.78, 5) is 22.9. The molecule has 0 bridgehead atoms. The van der Waals surface area contributed by atoms with Crippen LogP contribution in [0.4, 0.5) is 5.69 Å². The smallest absolute Gasteiger partial charge is 0.325 e. The zero-order valence-electron chi connectivity index (χ0n) is 13.0. The number of amides is 1. The Hall–Kier alpha value is -2.94. The molecule has 3 rings (SSSR count). The van der Waals surface area contributed by atoms with Crippen molar-refractivity contribution >= 4 is 33.5 Å². The van der Waals surface area contributed by atoms with Crippen LogP contribution in [0.5, 0.6) is 0 Å². The van der Waals surface area contributed by atoms with Gasteiger partial charge < -0.3 is 10.4 Å². The molecule has 1 amide bonds. The maximum Gasteiger partial charge on any atom is 0.325 e. The van der Waals surface area contributed by atoms with Gasteiger partial charge in [-0.15, -0.1) is 0 Å². The first-order chi connectivity index (χ1) is 12.0. The van der Waals surface area contributed by atoms with E-state index in [1.54, 1.807) is 16.9 Å². The minimum absolute atomic E-state index is 0.289. The molecule has 0 spiro atoms. The molecular formula is C16H14BrN5O3. The molecule has 0 atom stereocenters. The Morgan fingerprint density at radius 3 is 2.68 bits per heavy atom. The van der Waals surface area contributed by atoms with Gasteiger partial charge in [-0.2, -0.15) is 10.2 Å². The number of aliphatic carboxylic acids is 1. The first-order valence-electron chi connectivity index (χ1n) is 7.32. The highest BCUT2D eigenvalue weighted by atomic mass is 79.9. The second-order valence-corrected chi connectivity index (χ2v) is 6.25. The number of anilines is 1. The van der Waals surface area contributed by atoms with Gasteiger partial charge in [0.25, 0.3) is 5.91 Å². The van der Waals surface area contributed by atoms with E-state index in [9.17, 15) is 9.59 Å².